The van der Waals surface area contributed by atoms with E-state index in [1.807, 2.05) is 31.3 Å². The molecule has 1 N–H and O–H groups in total. The third-order valence-electron chi connectivity index (χ3n) is 3.44. The molecule has 0 fully saturated rings. The summed E-state index contributed by atoms with van der Waals surface area (Å²) in [6, 6.07) is 10.1. The van der Waals surface area contributed by atoms with Crippen LogP contribution >= 0.6 is 0 Å². The van der Waals surface area contributed by atoms with Gasteiger partial charge in [0.05, 0.1) is 12.1 Å². The van der Waals surface area contributed by atoms with Gasteiger partial charge in [-0.15, -0.1) is 0 Å². The summed E-state index contributed by atoms with van der Waals surface area (Å²) in [5.41, 5.74) is 3.62. The maximum atomic E-state index is 12.4. The molecule has 0 aliphatic rings. The van der Waals surface area contributed by atoms with E-state index >= 15 is 0 Å². The van der Waals surface area contributed by atoms with Crippen LogP contribution in [0.5, 0.6) is 0 Å². The fourth-order valence-corrected chi connectivity index (χ4v) is 2.39. The molecule has 0 saturated carbocycles. The quantitative estimate of drug-likeness (QED) is 0.793. The van der Waals surface area contributed by atoms with Crippen molar-refractivity contribution in [3.8, 4) is 0 Å². The van der Waals surface area contributed by atoms with E-state index in [-0.39, 0.29) is 5.56 Å². The van der Waals surface area contributed by atoms with Crippen molar-refractivity contribution < 1.29 is 0 Å². The number of aromatic amines is 1. The van der Waals surface area contributed by atoms with E-state index in [9.17, 15) is 4.79 Å². The second kappa shape index (κ2) is 4.96. The lowest BCUT2D eigenvalue weighted by molar-refractivity contribution is 0.765. The first-order valence-electron chi connectivity index (χ1n) is 6.81. The van der Waals surface area contributed by atoms with Crippen LogP contribution in [0.2, 0.25) is 0 Å². The van der Waals surface area contributed by atoms with E-state index in [0.29, 0.717) is 12.1 Å². The summed E-state index contributed by atoms with van der Waals surface area (Å²) in [4.78, 5) is 20.0. The van der Waals surface area contributed by atoms with Crippen molar-refractivity contribution >= 4 is 11.0 Å². The van der Waals surface area contributed by atoms with Gasteiger partial charge in [0.2, 0.25) is 0 Å². The molecule has 1 aromatic carbocycles. The van der Waals surface area contributed by atoms with Crippen molar-refractivity contribution in [2.45, 2.75) is 26.8 Å². The van der Waals surface area contributed by atoms with Gasteiger partial charge in [0, 0.05) is 12.6 Å². The zero-order valence-corrected chi connectivity index (χ0v) is 11.7. The third kappa shape index (κ3) is 2.25. The largest absolute Gasteiger partial charge is 0.342 e. The minimum atomic E-state index is -0.0417. The van der Waals surface area contributed by atoms with Gasteiger partial charge < -0.3 is 9.55 Å². The number of nitrogens with one attached hydrogen (secondary N) is 1. The fraction of sp³-hybridized carbons (Fsp3) is 0.250. The van der Waals surface area contributed by atoms with Crippen molar-refractivity contribution in [3.05, 3.63) is 63.8 Å². The van der Waals surface area contributed by atoms with Gasteiger partial charge in [0.15, 0.2) is 5.52 Å². The van der Waals surface area contributed by atoms with E-state index in [2.05, 4.69) is 29.0 Å². The molecule has 102 valence electrons. The molecule has 2 aromatic heterocycles. The molecule has 0 aliphatic carbocycles. The van der Waals surface area contributed by atoms with Gasteiger partial charge in [0.1, 0.15) is 5.82 Å². The lowest BCUT2D eigenvalue weighted by Crippen LogP contribution is -2.20. The monoisotopic (exact) mass is 267 g/mol. The number of fused-ring (bicyclic) bond motifs is 1. The molecule has 4 heteroatoms. The van der Waals surface area contributed by atoms with Crippen LogP contribution in [0.15, 0.2) is 41.3 Å². The van der Waals surface area contributed by atoms with Crippen molar-refractivity contribution in [3.63, 3.8) is 0 Å². The topological polar surface area (TPSA) is 50.7 Å². The Hall–Kier alpha value is -2.36. The van der Waals surface area contributed by atoms with Crippen LogP contribution in [0.3, 0.4) is 0 Å². The van der Waals surface area contributed by atoms with E-state index in [1.54, 1.807) is 4.57 Å². The summed E-state index contributed by atoms with van der Waals surface area (Å²) in [6.07, 6.45) is 2.62. The molecule has 0 amide bonds. The molecule has 3 aromatic rings. The predicted molar refractivity (Wildman–Crippen MR) is 80.0 cm³/mol. The first kappa shape index (κ1) is 12.7. The van der Waals surface area contributed by atoms with E-state index in [4.69, 9.17) is 0 Å². The van der Waals surface area contributed by atoms with Gasteiger partial charge in [-0.05, 0) is 18.6 Å². The van der Waals surface area contributed by atoms with Crippen LogP contribution in [0, 0.1) is 6.92 Å². The number of benzene rings is 1. The lowest BCUT2D eigenvalue weighted by atomic mass is 10.1. The van der Waals surface area contributed by atoms with Crippen LogP contribution in [-0.4, -0.2) is 14.5 Å². The van der Waals surface area contributed by atoms with E-state index in [1.165, 1.54) is 5.56 Å². The molecule has 4 nitrogen and oxygen atoms in total. The molecular weight excluding hydrogens is 250 g/mol. The minimum absolute atomic E-state index is 0.0417. The molecule has 0 unspecified atom stereocenters. The van der Waals surface area contributed by atoms with E-state index < -0.39 is 0 Å². The standard InChI is InChI=1S/C16H17N3O/c1-3-14-17-13-7-8-19(16(20)15(13)18-14)10-12-6-4-5-11(2)9-12/h4-9H,3,10H2,1-2H3,(H,17,18). The molecule has 20 heavy (non-hydrogen) atoms. The molecule has 0 aliphatic heterocycles. The predicted octanol–water partition coefficient (Wildman–Crippen LogP) is 2.64. The number of imidazole rings is 1. The Balaban J connectivity index is 2.04. The van der Waals surface area contributed by atoms with Gasteiger partial charge in [0.25, 0.3) is 5.56 Å². The Morgan fingerprint density at radius 1 is 1.30 bits per heavy atom. The number of aryl methyl sites for hydroxylation is 2. The molecule has 2 heterocycles. The molecule has 3 rings (SSSR count). The van der Waals surface area contributed by atoms with Gasteiger partial charge in [-0.1, -0.05) is 36.8 Å². The van der Waals surface area contributed by atoms with Crippen molar-refractivity contribution in [1.82, 2.24) is 14.5 Å². The summed E-state index contributed by atoms with van der Waals surface area (Å²) in [7, 11) is 0. The smallest absolute Gasteiger partial charge is 0.278 e. The number of pyridine rings is 1. The lowest BCUT2D eigenvalue weighted by Gasteiger charge is -2.06. The number of nitrogens with zero attached hydrogens (tertiary/aromatic N) is 2. The Kier molecular flexibility index (Phi) is 3.14. The highest BCUT2D eigenvalue weighted by atomic mass is 16.1. The first-order chi connectivity index (χ1) is 9.67. The minimum Gasteiger partial charge on any atom is -0.342 e. The number of H-pyrrole nitrogens is 1. The van der Waals surface area contributed by atoms with Gasteiger partial charge in [-0.3, -0.25) is 4.79 Å². The second-order valence-electron chi connectivity index (χ2n) is 5.04. The van der Waals surface area contributed by atoms with Gasteiger partial charge in [-0.25, -0.2) is 4.98 Å². The average Bonchev–Trinajstić information content (AvgIpc) is 2.86. The van der Waals surface area contributed by atoms with Crippen molar-refractivity contribution in [1.29, 1.82) is 0 Å². The fourth-order valence-electron chi connectivity index (χ4n) is 2.39. The highest BCUT2D eigenvalue weighted by Gasteiger charge is 2.08. The highest BCUT2D eigenvalue weighted by Crippen LogP contribution is 2.09. The maximum Gasteiger partial charge on any atom is 0.278 e. The summed E-state index contributed by atoms with van der Waals surface area (Å²) in [5, 5.41) is 0. The average molecular weight is 267 g/mol. The van der Waals surface area contributed by atoms with E-state index in [0.717, 1.165) is 23.3 Å². The van der Waals surface area contributed by atoms with Crippen LogP contribution in [0.4, 0.5) is 0 Å². The summed E-state index contributed by atoms with van der Waals surface area (Å²) >= 11 is 0. The van der Waals surface area contributed by atoms with Gasteiger partial charge in [-0.2, -0.15) is 0 Å². The molecule has 0 spiro atoms. The zero-order chi connectivity index (χ0) is 14.1. The molecule has 0 bridgehead atoms. The normalized spacial score (nSPS) is 11.1. The molecule has 0 atom stereocenters. The SMILES string of the molecule is CCc1nc2c(=O)n(Cc3cccc(C)c3)ccc2[nH]1. The summed E-state index contributed by atoms with van der Waals surface area (Å²) < 4.78 is 1.71. The Labute approximate surface area is 117 Å². The second-order valence-corrected chi connectivity index (χ2v) is 5.04. The van der Waals surface area contributed by atoms with Crippen molar-refractivity contribution in [2.75, 3.05) is 0 Å². The van der Waals surface area contributed by atoms with Gasteiger partial charge >= 0.3 is 0 Å². The zero-order valence-electron chi connectivity index (χ0n) is 11.7. The number of hydrogen-bond acceptors (Lipinski definition) is 2. The number of aromatic nitrogens is 3. The Bertz CT molecular complexity index is 814. The van der Waals surface area contributed by atoms with Crippen LogP contribution in [0.1, 0.15) is 23.9 Å². The highest BCUT2D eigenvalue weighted by molar-refractivity contribution is 5.73. The Morgan fingerprint density at radius 3 is 2.90 bits per heavy atom. The van der Waals surface area contributed by atoms with Crippen LogP contribution < -0.4 is 5.56 Å². The Morgan fingerprint density at radius 2 is 2.15 bits per heavy atom. The third-order valence-corrected chi connectivity index (χ3v) is 3.44. The molecule has 0 radical (unpaired) electrons. The number of hydrogen-bond donors (Lipinski definition) is 1. The molecule has 0 saturated heterocycles. The van der Waals surface area contributed by atoms with Crippen LogP contribution in [0.25, 0.3) is 11.0 Å². The summed E-state index contributed by atoms with van der Waals surface area (Å²) in [6.45, 7) is 4.64. The van der Waals surface area contributed by atoms with Crippen molar-refractivity contribution in [2.24, 2.45) is 0 Å². The summed E-state index contributed by atoms with van der Waals surface area (Å²) in [5.74, 6) is 0.852. The number of rotatable bonds is 3. The van der Waals surface area contributed by atoms with Crippen LogP contribution in [-0.2, 0) is 13.0 Å². The maximum absolute atomic E-state index is 12.4. The first-order valence-corrected chi connectivity index (χ1v) is 6.81. The molecular formula is C16H17N3O.